The molecule has 76 valence electrons. The van der Waals surface area contributed by atoms with E-state index in [9.17, 15) is 5.11 Å². The third kappa shape index (κ3) is 2.06. The van der Waals surface area contributed by atoms with E-state index in [1.807, 2.05) is 6.07 Å². The average molecular weight is 240 g/mol. The van der Waals surface area contributed by atoms with Crippen molar-refractivity contribution < 1.29 is 5.11 Å². The van der Waals surface area contributed by atoms with Gasteiger partial charge in [0, 0.05) is 17.3 Å². The topological polar surface area (TPSA) is 33.1 Å². The van der Waals surface area contributed by atoms with Crippen molar-refractivity contribution in [1.29, 1.82) is 0 Å². The minimum atomic E-state index is 0.101. The van der Waals surface area contributed by atoms with Gasteiger partial charge in [-0.2, -0.15) is 0 Å². The van der Waals surface area contributed by atoms with Crippen LogP contribution in [0.15, 0.2) is 36.7 Å². The normalized spacial score (nSPS) is 10.3. The first-order chi connectivity index (χ1) is 7.18. The average Bonchev–Trinajstić information content (AvgIpc) is 2.22. The number of hydrogen-bond donors (Lipinski definition) is 1. The molecule has 0 aliphatic heterocycles. The van der Waals surface area contributed by atoms with Crippen molar-refractivity contribution in [3.63, 3.8) is 0 Å². The van der Waals surface area contributed by atoms with Crippen LogP contribution in [0.5, 0.6) is 5.75 Å². The van der Waals surface area contributed by atoms with Gasteiger partial charge in [-0.1, -0.05) is 35.3 Å². The van der Waals surface area contributed by atoms with E-state index < -0.39 is 0 Å². The van der Waals surface area contributed by atoms with Crippen molar-refractivity contribution in [2.45, 2.75) is 0 Å². The molecular formula is C11H7Cl2NO. The quantitative estimate of drug-likeness (QED) is 0.823. The Hall–Kier alpha value is -1.25. The summed E-state index contributed by atoms with van der Waals surface area (Å²) in [5.41, 5.74) is 1.50. The highest BCUT2D eigenvalue weighted by Gasteiger charge is 2.07. The van der Waals surface area contributed by atoms with Crippen LogP contribution in [0.3, 0.4) is 0 Å². The van der Waals surface area contributed by atoms with Gasteiger partial charge in [0.05, 0.1) is 16.2 Å². The lowest BCUT2D eigenvalue weighted by Crippen LogP contribution is -1.82. The smallest absolute Gasteiger partial charge is 0.134 e. The molecule has 1 aromatic carbocycles. The predicted molar refractivity (Wildman–Crippen MR) is 61.4 cm³/mol. The standard InChI is InChI=1S/C11H7Cl2NO/c12-10-3-1-2-9(11(10)13)7-4-8(15)6-14-5-7/h1-6,15H. The van der Waals surface area contributed by atoms with Gasteiger partial charge in [0.15, 0.2) is 0 Å². The van der Waals surface area contributed by atoms with Gasteiger partial charge in [-0.05, 0) is 12.1 Å². The third-order valence-corrected chi connectivity index (χ3v) is 2.81. The Morgan fingerprint density at radius 1 is 1.13 bits per heavy atom. The maximum Gasteiger partial charge on any atom is 0.134 e. The molecule has 0 atom stereocenters. The summed E-state index contributed by atoms with van der Waals surface area (Å²) in [6.45, 7) is 0. The van der Waals surface area contributed by atoms with E-state index in [1.165, 1.54) is 6.20 Å². The van der Waals surface area contributed by atoms with Crippen molar-refractivity contribution in [1.82, 2.24) is 4.98 Å². The van der Waals surface area contributed by atoms with Gasteiger partial charge >= 0.3 is 0 Å². The van der Waals surface area contributed by atoms with Crippen molar-refractivity contribution in [3.8, 4) is 16.9 Å². The summed E-state index contributed by atoms with van der Waals surface area (Å²) >= 11 is 11.9. The number of aromatic hydroxyl groups is 1. The zero-order chi connectivity index (χ0) is 10.8. The first kappa shape index (κ1) is 10.3. The molecule has 0 radical (unpaired) electrons. The van der Waals surface area contributed by atoms with Crippen LogP contribution >= 0.6 is 23.2 Å². The highest BCUT2D eigenvalue weighted by atomic mass is 35.5. The molecule has 1 N–H and O–H groups in total. The lowest BCUT2D eigenvalue weighted by Gasteiger charge is -2.05. The summed E-state index contributed by atoms with van der Waals surface area (Å²) in [6.07, 6.45) is 2.99. The zero-order valence-electron chi connectivity index (χ0n) is 7.61. The first-order valence-electron chi connectivity index (χ1n) is 4.27. The molecule has 0 bridgehead atoms. The van der Waals surface area contributed by atoms with Crippen LogP contribution in [0.2, 0.25) is 10.0 Å². The Morgan fingerprint density at radius 3 is 2.67 bits per heavy atom. The molecule has 1 heterocycles. The van der Waals surface area contributed by atoms with E-state index in [2.05, 4.69) is 4.98 Å². The van der Waals surface area contributed by atoms with Crippen LogP contribution in [0.25, 0.3) is 11.1 Å². The van der Waals surface area contributed by atoms with Crippen LogP contribution in [-0.4, -0.2) is 10.1 Å². The fourth-order valence-electron chi connectivity index (χ4n) is 1.30. The van der Waals surface area contributed by atoms with Gasteiger partial charge in [0.2, 0.25) is 0 Å². The second kappa shape index (κ2) is 4.09. The SMILES string of the molecule is Oc1cncc(-c2cccc(Cl)c2Cl)c1. The Morgan fingerprint density at radius 2 is 1.93 bits per heavy atom. The molecule has 0 aliphatic carbocycles. The summed E-state index contributed by atoms with van der Waals surface area (Å²) in [6, 6.07) is 6.92. The molecule has 1 aromatic heterocycles. The number of rotatable bonds is 1. The lowest BCUT2D eigenvalue weighted by molar-refractivity contribution is 0.473. The first-order valence-corrected chi connectivity index (χ1v) is 5.02. The largest absolute Gasteiger partial charge is 0.506 e. The molecule has 0 saturated carbocycles. The molecule has 2 aromatic rings. The second-order valence-electron chi connectivity index (χ2n) is 3.03. The van der Waals surface area contributed by atoms with E-state index in [0.29, 0.717) is 10.0 Å². The summed E-state index contributed by atoms with van der Waals surface area (Å²) in [5, 5.41) is 10.2. The molecule has 2 rings (SSSR count). The van der Waals surface area contributed by atoms with E-state index >= 15 is 0 Å². The van der Waals surface area contributed by atoms with Gasteiger partial charge < -0.3 is 5.11 Å². The minimum Gasteiger partial charge on any atom is -0.506 e. The molecule has 15 heavy (non-hydrogen) atoms. The highest BCUT2D eigenvalue weighted by molar-refractivity contribution is 6.43. The number of pyridine rings is 1. The maximum absolute atomic E-state index is 9.30. The minimum absolute atomic E-state index is 0.101. The summed E-state index contributed by atoms with van der Waals surface area (Å²) < 4.78 is 0. The van der Waals surface area contributed by atoms with Crippen LogP contribution in [0, 0.1) is 0 Å². The monoisotopic (exact) mass is 239 g/mol. The fourth-order valence-corrected chi connectivity index (χ4v) is 1.71. The van der Waals surface area contributed by atoms with Crippen molar-refractivity contribution >= 4 is 23.2 Å². The summed E-state index contributed by atoms with van der Waals surface area (Å²) in [7, 11) is 0. The Labute approximate surface area is 97.1 Å². The third-order valence-electron chi connectivity index (χ3n) is 1.99. The van der Waals surface area contributed by atoms with Gasteiger partial charge in [-0.15, -0.1) is 0 Å². The van der Waals surface area contributed by atoms with Gasteiger partial charge in [0.1, 0.15) is 5.75 Å². The Kier molecular flexibility index (Phi) is 2.80. The van der Waals surface area contributed by atoms with Gasteiger partial charge in [-0.3, -0.25) is 4.98 Å². The predicted octanol–water partition coefficient (Wildman–Crippen LogP) is 3.76. The molecule has 0 spiro atoms. The molecule has 0 aliphatic rings. The molecule has 4 heteroatoms. The van der Waals surface area contributed by atoms with E-state index in [0.717, 1.165) is 11.1 Å². The molecule has 0 amide bonds. The number of hydrogen-bond acceptors (Lipinski definition) is 2. The summed E-state index contributed by atoms with van der Waals surface area (Å²) in [5.74, 6) is 0.101. The van der Waals surface area contributed by atoms with Crippen molar-refractivity contribution in [2.75, 3.05) is 0 Å². The summed E-state index contributed by atoms with van der Waals surface area (Å²) in [4.78, 5) is 3.88. The zero-order valence-corrected chi connectivity index (χ0v) is 9.13. The number of aromatic nitrogens is 1. The van der Waals surface area contributed by atoms with E-state index in [-0.39, 0.29) is 5.75 Å². The molecule has 2 nitrogen and oxygen atoms in total. The molecule has 0 unspecified atom stereocenters. The molecule has 0 fully saturated rings. The van der Waals surface area contributed by atoms with Crippen molar-refractivity contribution in [3.05, 3.63) is 46.7 Å². The van der Waals surface area contributed by atoms with Crippen LogP contribution < -0.4 is 0 Å². The fraction of sp³-hybridized carbons (Fsp3) is 0. The van der Waals surface area contributed by atoms with E-state index in [1.54, 1.807) is 24.4 Å². The van der Waals surface area contributed by atoms with Crippen LogP contribution in [-0.2, 0) is 0 Å². The Balaban J connectivity index is 2.59. The molecule has 0 saturated heterocycles. The lowest BCUT2D eigenvalue weighted by atomic mass is 10.1. The van der Waals surface area contributed by atoms with Crippen molar-refractivity contribution in [2.24, 2.45) is 0 Å². The van der Waals surface area contributed by atoms with Crippen LogP contribution in [0.1, 0.15) is 0 Å². The highest BCUT2D eigenvalue weighted by Crippen LogP contribution is 2.33. The number of nitrogens with zero attached hydrogens (tertiary/aromatic N) is 1. The number of benzene rings is 1. The van der Waals surface area contributed by atoms with Gasteiger partial charge in [0.25, 0.3) is 0 Å². The molecular weight excluding hydrogens is 233 g/mol. The maximum atomic E-state index is 9.30. The number of halogens is 2. The van der Waals surface area contributed by atoms with Gasteiger partial charge in [-0.25, -0.2) is 0 Å². The van der Waals surface area contributed by atoms with Crippen LogP contribution in [0.4, 0.5) is 0 Å². The Bertz CT molecular complexity index is 500. The second-order valence-corrected chi connectivity index (χ2v) is 3.82. The van der Waals surface area contributed by atoms with E-state index in [4.69, 9.17) is 23.2 Å².